The van der Waals surface area contributed by atoms with Crippen LogP contribution in [0.5, 0.6) is 0 Å². The largest absolute Gasteiger partial charge is 0.458 e. The molecule has 0 saturated carbocycles. The SMILES string of the molecule is Cc1c2oc3c(C)ccc(C(=O)N[C@@H]4C(=O)N[C@H](C(C)C)C(=O)N5CCCC[C@H]5C(=O)N(C)CC(=O)N(C)[C@@H](C(C)C)C(=O)O[C@@H]4C)c3nc-2c(C(=O)N[C@@H]2C(=O)N[C@H](C(C)C)C(=O)N3CCCC[C@H]3C(=O)N(C)CC(=O)N(C)[C@@H](C(C)C)C(=O)O[C@@H]2C)c(N)c1=O. The molecule has 6 N–H and O–H groups in total. The van der Waals surface area contributed by atoms with Gasteiger partial charge < -0.3 is 70.3 Å². The van der Waals surface area contributed by atoms with E-state index in [1.807, 2.05) is 0 Å². The monoisotopic (exact) mass is 1280 g/mol. The first-order valence-electron chi connectivity index (χ1n) is 31.5. The molecule has 5 aliphatic heterocycles. The number of benzene rings is 2. The highest BCUT2D eigenvalue weighted by atomic mass is 16.6. The fourth-order valence-corrected chi connectivity index (χ4v) is 12.6. The zero-order valence-electron chi connectivity index (χ0n) is 55.5. The Morgan fingerprint density at radius 3 is 1.43 bits per heavy atom. The molecule has 7 rings (SSSR count). The zero-order valence-corrected chi connectivity index (χ0v) is 55.5. The van der Waals surface area contributed by atoms with Crippen LogP contribution in [0.2, 0.25) is 0 Å². The predicted molar refractivity (Wildman–Crippen MR) is 335 cm³/mol. The summed E-state index contributed by atoms with van der Waals surface area (Å²) in [6.45, 7) is 18.4. The number of nitrogens with zero attached hydrogens (tertiary/aromatic N) is 7. The Morgan fingerprint density at radius 1 is 0.598 bits per heavy atom. The molecular formula is C64H90N12O16. The molecule has 0 bridgehead atoms. The maximum Gasteiger partial charge on any atom is 0.329 e. The van der Waals surface area contributed by atoms with E-state index in [4.69, 9.17) is 24.6 Å². The summed E-state index contributed by atoms with van der Waals surface area (Å²) in [5, 5.41) is 10.8. The Bertz CT molecular complexity index is 3450. The maximum absolute atomic E-state index is 15.2. The van der Waals surface area contributed by atoms with Crippen LogP contribution >= 0.6 is 0 Å². The minimum absolute atomic E-state index is 0.0748. The van der Waals surface area contributed by atoms with E-state index in [2.05, 4.69) is 21.3 Å². The molecule has 1 aliphatic carbocycles. The van der Waals surface area contributed by atoms with Gasteiger partial charge in [-0.1, -0.05) is 61.5 Å². The van der Waals surface area contributed by atoms with E-state index >= 15 is 9.59 Å². The van der Waals surface area contributed by atoms with E-state index in [9.17, 15) is 52.7 Å². The molecule has 0 unspecified atom stereocenters. The third kappa shape index (κ3) is 14.5. The molecule has 0 radical (unpaired) electrons. The first-order valence-corrected chi connectivity index (χ1v) is 31.5. The van der Waals surface area contributed by atoms with E-state index in [-0.39, 0.29) is 53.9 Å². The summed E-state index contributed by atoms with van der Waals surface area (Å²) < 4.78 is 18.4. The molecule has 5 heterocycles. The number of ether oxygens (including phenoxy) is 2. The van der Waals surface area contributed by atoms with E-state index in [0.29, 0.717) is 31.2 Å². The van der Waals surface area contributed by atoms with Gasteiger partial charge >= 0.3 is 11.9 Å². The van der Waals surface area contributed by atoms with Gasteiger partial charge in [0.05, 0.1) is 29.9 Å². The van der Waals surface area contributed by atoms with E-state index < -0.39 is 191 Å². The number of nitrogens with two attached hydrogens (primary N) is 1. The molecule has 0 spiro atoms. The van der Waals surface area contributed by atoms with Gasteiger partial charge in [-0.25, -0.2) is 14.6 Å². The Balaban J connectivity index is 1.33. The maximum atomic E-state index is 15.2. The Morgan fingerprint density at radius 2 is 1.02 bits per heavy atom. The van der Waals surface area contributed by atoms with Gasteiger partial charge in [0, 0.05) is 46.8 Å². The highest BCUT2D eigenvalue weighted by Gasteiger charge is 2.46. The van der Waals surface area contributed by atoms with Crippen LogP contribution in [0.3, 0.4) is 0 Å². The van der Waals surface area contributed by atoms with Crippen LogP contribution in [-0.4, -0.2) is 220 Å². The average Bonchev–Trinajstić information content (AvgIpc) is 0.741. The van der Waals surface area contributed by atoms with Gasteiger partial charge in [-0.3, -0.25) is 52.7 Å². The van der Waals surface area contributed by atoms with Crippen molar-refractivity contribution in [3.8, 4) is 11.5 Å². The highest BCUT2D eigenvalue weighted by molar-refractivity contribution is 6.10. The van der Waals surface area contributed by atoms with E-state index in [1.54, 1.807) is 62.3 Å². The molecule has 4 saturated heterocycles. The summed E-state index contributed by atoms with van der Waals surface area (Å²) in [6.07, 6.45) is -0.253. The smallest absolute Gasteiger partial charge is 0.329 e. The molecule has 6 aliphatic rings. The van der Waals surface area contributed by atoms with Gasteiger partial charge in [-0.2, -0.15) is 0 Å². The van der Waals surface area contributed by atoms with Crippen LogP contribution in [0.1, 0.15) is 140 Å². The number of likely N-dealkylation sites (N-methyl/N-ethyl adjacent to an activating group) is 4. The van der Waals surface area contributed by atoms with Crippen molar-refractivity contribution in [2.24, 2.45) is 23.7 Å². The summed E-state index contributed by atoms with van der Waals surface area (Å²) >= 11 is 0. The van der Waals surface area contributed by atoms with Crippen LogP contribution in [0.25, 0.3) is 22.6 Å². The van der Waals surface area contributed by atoms with Crippen molar-refractivity contribution in [2.45, 2.75) is 182 Å². The number of anilines is 1. The highest BCUT2D eigenvalue weighted by Crippen LogP contribution is 2.35. The summed E-state index contributed by atoms with van der Waals surface area (Å²) in [6, 6.07) is -7.93. The first kappa shape index (κ1) is 70.7. The number of carbonyl (C=O) groups excluding carboxylic acids is 12. The number of aryl methyl sites for hydroxylation is 1. The fraction of sp³-hybridized carbons (Fsp3) is 0.625. The molecule has 92 heavy (non-hydrogen) atoms. The second-order valence-corrected chi connectivity index (χ2v) is 26.3. The van der Waals surface area contributed by atoms with Crippen molar-refractivity contribution < 1.29 is 71.4 Å². The Labute approximate surface area is 535 Å². The summed E-state index contributed by atoms with van der Waals surface area (Å²) in [5.41, 5.74) is 3.60. The molecule has 0 aromatic heterocycles. The van der Waals surface area contributed by atoms with Crippen LogP contribution in [-0.2, 0) is 57.4 Å². The first-order chi connectivity index (χ1) is 43.1. The lowest BCUT2D eigenvalue weighted by Gasteiger charge is -2.40. The number of aromatic nitrogens is 1. The lowest BCUT2D eigenvalue weighted by atomic mass is 9.95. The fourth-order valence-electron chi connectivity index (χ4n) is 12.6. The number of fused-ring (bicyclic) bond motifs is 4. The van der Waals surface area contributed by atoms with Gasteiger partial charge in [-0.05, 0) is 102 Å². The third-order valence-electron chi connectivity index (χ3n) is 18.0. The van der Waals surface area contributed by atoms with Crippen molar-refractivity contribution in [1.82, 2.24) is 55.7 Å². The molecule has 10 amide bonds. The number of esters is 2. The number of rotatable bonds is 8. The summed E-state index contributed by atoms with van der Waals surface area (Å²) in [4.78, 5) is 201. The molecule has 28 heteroatoms. The van der Waals surface area contributed by atoms with Gasteiger partial charge in [0.2, 0.25) is 52.7 Å². The third-order valence-corrected chi connectivity index (χ3v) is 18.0. The number of amides is 10. The molecule has 1 aromatic rings. The van der Waals surface area contributed by atoms with E-state index in [0.717, 1.165) is 9.80 Å². The van der Waals surface area contributed by atoms with E-state index in [1.165, 1.54) is 80.7 Å². The summed E-state index contributed by atoms with van der Waals surface area (Å²) in [5.74, 6) is -12.3. The van der Waals surface area contributed by atoms with Gasteiger partial charge in [0.25, 0.3) is 11.8 Å². The van der Waals surface area contributed by atoms with Crippen molar-refractivity contribution in [1.29, 1.82) is 0 Å². The van der Waals surface area contributed by atoms with Crippen LogP contribution in [0.4, 0.5) is 5.69 Å². The quantitative estimate of drug-likeness (QED) is 0.121. The number of nitrogen functional groups attached to an aromatic ring is 1. The second kappa shape index (κ2) is 28.8. The van der Waals surface area contributed by atoms with Crippen molar-refractivity contribution in [2.75, 3.05) is 60.1 Å². The molecule has 4 fully saturated rings. The molecule has 10 atom stereocenters. The number of hydrogen-bond donors (Lipinski definition) is 5. The Hall–Kier alpha value is -8.72. The van der Waals surface area contributed by atoms with Crippen LogP contribution in [0.15, 0.2) is 21.3 Å². The standard InChI is InChI=1S/C64H90N12O16/c1-29(2)44-61(86)75-25-19-17-21-38(75)59(84)71(13)27-40(77)73(15)50(31(5)6)63(88)90-35(11)46(57(82)67-44)69-55(80)37-24-23-33(9)53-48(37)66-49-42(43(65)52(79)34(10)54(49)92-53)56(81)70-47-36(12)91-64(89)51(32(7)8)74(16)41(78)28-72(14)60(85)39-22-18-20-26-76(39)62(87)45(30(3)4)68-58(47)83/h23-24,29-32,35-36,38-39,44-47,50-51H,17-22,25-28,65H2,1-16H3,(H,67,82)(H,68,83)(H,69,80)(H,70,81)/t35-,36-,38+,39+,44-,45-,46+,47+,50+,51+/m1/s1. The molecular weight excluding hydrogens is 1190 g/mol. The van der Waals surface area contributed by atoms with Crippen LogP contribution < -0.4 is 32.4 Å². The zero-order chi connectivity index (χ0) is 68.4. The lowest BCUT2D eigenvalue weighted by Crippen LogP contribution is -2.63. The minimum Gasteiger partial charge on any atom is -0.458 e. The van der Waals surface area contributed by atoms with Gasteiger partial charge in [0.15, 0.2) is 11.3 Å². The van der Waals surface area contributed by atoms with Crippen molar-refractivity contribution in [3.05, 3.63) is 44.6 Å². The number of nitrogens with one attached hydrogen (secondary N) is 4. The molecule has 502 valence electrons. The molecule has 28 nitrogen and oxygen atoms in total. The predicted octanol–water partition coefficient (Wildman–Crippen LogP) is 1.51. The number of cyclic esters (lactones) is 2. The van der Waals surface area contributed by atoms with Crippen LogP contribution in [0, 0.1) is 37.5 Å². The second-order valence-electron chi connectivity index (χ2n) is 26.3. The lowest BCUT2D eigenvalue weighted by molar-refractivity contribution is -0.163. The minimum atomic E-state index is -1.89. The topological polar surface area (TPSA) is 360 Å². The Kier molecular flexibility index (Phi) is 22.2. The van der Waals surface area contributed by atoms with Gasteiger partial charge in [0.1, 0.15) is 71.8 Å². The normalized spacial score (nSPS) is 26.2. The van der Waals surface area contributed by atoms with Crippen molar-refractivity contribution in [3.63, 3.8) is 0 Å². The van der Waals surface area contributed by atoms with Gasteiger partial charge in [-0.15, -0.1) is 0 Å². The number of piperidine rings is 2. The summed E-state index contributed by atoms with van der Waals surface area (Å²) in [7, 11) is 5.62. The van der Waals surface area contributed by atoms with Crippen molar-refractivity contribution >= 4 is 87.8 Å². The molecule has 1 aromatic carbocycles. The average molecular weight is 1280 g/mol. The number of carbonyl (C=O) groups is 12. The number of hydrogen-bond acceptors (Lipinski definition) is 18.